The third-order valence-electron chi connectivity index (χ3n) is 0.624. The molecule has 47 valence electrons. The van der Waals surface area contributed by atoms with Crippen molar-refractivity contribution in [3.63, 3.8) is 0 Å². The van der Waals surface area contributed by atoms with Gasteiger partial charge in [-0.3, -0.25) is 0 Å². The summed E-state index contributed by atoms with van der Waals surface area (Å²) in [6, 6.07) is 0. The molecule has 0 nitrogen and oxygen atoms in total. The minimum atomic E-state index is -0.783. The zero-order valence-electron chi connectivity index (χ0n) is 4.26. The average molecular weight is 189 g/mol. The standard InChI is InChI=1S/C4H6Cl3Si/c5-3-1-2-4(6,7)8/h1-3H2. The maximum atomic E-state index is 5.53. The summed E-state index contributed by atoms with van der Waals surface area (Å²) in [5.41, 5.74) is 0. The van der Waals surface area contributed by atoms with Crippen molar-refractivity contribution in [2.24, 2.45) is 0 Å². The van der Waals surface area contributed by atoms with E-state index in [1.807, 2.05) is 0 Å². The first-order valence-corrected chi connectivity index (χ1v) is 4.04. The van der Waals surface area contributed by atoms with Crippen molar-refractivity contribution < 1.29 is 0 Å². The quantitative estimate of drug-likeness (QED) is 0.471. The van der Waals surface area contributed by atoms with Crippen LogP contribution in [-0.2, 0) is 0 Å². The van der Waals surface area contributed by atoms with E-state index in [1.54, 1.807) is 0 Å². The summed E-state index contributed by atoms with van der Waals surface area (Å²) >= 11 is 16.4. The van der Waals surface area contributed by atoms with Crippen LogP contribution in [0.25, 0.3) is 0 Å². The predicted octanol–water partition coefficient (Wildman–Crippen LogP) is 2.31. The van der Waals surface area contributed by atoms with Gasteiger partial charge in [0, 0.05) is 5.88 Å². The lowest BCUT2D eigenvalue weighted by Gasteiger charge is -2.09. The van der Waals surface area contributed by atoms with E-state index in [0.29, 0.717) is 12.3 Å². The first-order chi connectivity index (χ1) is 3.56. The topological polar surface area (TPSA) is 0 Å². The summed E-state index contributed by atoms with van der Waals surface area (Å²) in [5, 5.41) is 0. The lowest BCUT2D eigenvalue weighted by atomic mass is 10.4. The molecule has 0 saturated heterocycles. The van der Waals surface area contributed by atoms with Gasteiger partial charge in [-0.25, -0.2) is 0 Å². The van der Waals surface area contributed by atoms with Crippen LogP contribution in [0.1, 0.15) is 12.8 Å². The molecule has 0 aromatic carbocycles. The number of hydrogen-bond acceptors (Lipinski definition) is 0. The number of halogens is 3. The minimum Gasteiger partial charge on any atom is -0.127 e. The van der Waals surface area contributed by atoms with E-state index in [4.69, 9.17) is 34.8 Å². The number of rotatable bonds is 3. The lowest BCUT2D eigenvalue weighted by Crippen LogP contribution is -2.11. The van der Waals surface area contributed by atoms with Gasteiger partial charge in [-0.2, -0.15) is 0 Å². The molecule has 0 bridgehead atoms. The molecule has 0 aliphatic carbocycles. The van der Waals surface area contributed by atoms with Crippen LogP contribution in [0.4, 0.5) is 0 Å². The first kappa shape index (κ1) is 9.09. The molecular weight excluding hydrogens is 182 g/mol. The third-order valence-corrected chi connectivity index (χ3v) is 1.52. The molecule has 0 N–H and O–H groups in total. The summed E-state index contributed by atoms with van der Waals surface area (Å²) in [5.74, 6) is 0.603. The summed E-state index contributed by atoms with van der Waals surface area (Å²) in [7, 11) is 3.10. The summed E-state index contributed by atoms with van der Waals surface area (Å²) in [4.78, 5) is 0. The summed E-state index contributed by atoms with van der Waals surface area (Å²) in [6.45, 7) is 0. The zero-order chi connectivity index (χ0) is 6.62. The fourth-order valence-corrected chi connectivity index (χ4v) is 0.867. The molecular formula is C4H6Cl3Si. The molecule has 0 aliphatic heterocycles. The Balaban J connectivity index is 3.11. The Morgan fingerprint density at radius 3 is 2.00 bits per heavy atom. The zero-order valence-corrected chi connectivity index (χ0v) is 7.52. The molecule has 0 fully saturated rings. The smallest absolute Gasteiger partial charge is 0.0998 e. The van der Waals surface area contributed by atoms with Crippen molar-refractivity contribution in [3.8, 4) is 0 Å². The van der Waals surface area contributed by atoms with Gasteiger partial charge in [0.15, 0.2) is 0 Å². The van der Waals surface area contributed by atoms with Crippen LogP contribution in [0.5, 0.6) is 0 Å². The van der Waals surface area contributed by atoms with Gasteiger partial charge >= 0.3 is 0 Å². The van der Waals surface area contributed by atoms with Crippen LogP contribution in [0.3, 0.4) is 0 Å². The maximum Gasteiger partial charge on any atom is 0.0998 e. The second-order valence-electron chi connectivity index (χ2n) is 1.50. The van der Waals surface area contributed by atoms with Gasteiger partial charge in [-0.15, -0.1) is 34.8 Å². The highest BCUT2D eigenvalue weighted by atomic mass is 35.5. The van der Waals surface area contributed by atoms with Crippen LogP contribution < -0.4 is 0 Å². The fraction of sp³-hybridized carbons (Fsp3) is 1.00. The van der Waals surface area contributed by atoms with Crippen molar-refractivity contribution in [2.45, 2.75) is 16.8 Å². The number of alkyl halides is 3. The van der Waals surface area contributed by atoms with Crippen molar-refractivity contribution in [1.29, 1.82) is 0 Å². The van der Waals surface area contributed by atoms with E-state index in [0.717, 1.165) is 6.42 Å². The minimum absolute atomic E-state index is 0.603. The molecule has 0 aromatic heterocycles. The lowest BCUT2D eigenvalue weighted by molar-refractivity contribution is 0.827. The van der Waals surface area contributed by atoms with Crippen LogP contribution in [0.15, 0.2) is 0 Å². The molecule has 3 radical (unpaired) electrons. The van der Waals surface area contributed by atoms with Crippen LogP contribution >= 0.6 is 34.8 Å². The van der Waals surface area contributed by atoms with Crippen molar-refractivity contribution in [1.82, 2.24) is 0 Å². The van der Waals surface area contributed by atoms with Gasteiger partial charge in [0.05, 0.1) is 14.2 Å². The van der Waals surface area contributed by atoms with Gasteiger partial charge in [-0.1, -0.05) is 0 Å². The van der Waals surface area contributed by atoms with Gasteiger partial charge in [-0.05, 0) is 12.8 Å². The normalized spacial score (nSPS) is 12.0. The molecule has 0 unspecified atom stereocenters. The highest BCUT2D eigenvalue weighted by molar-refractivity contribution is 6.65. The van der Waals surface area contributed by atoms with E-state index < -0.39 is 3.96 Å². The Morgan fingerprint density at radius 1 is 1.38 bits per heavy atom. The average Bonchev–Trinajstić information content (AvgIpc) is 1.59. The van der Waals surface area contributed by atoms with Crippen molar-refractivity contribution in [3.05, 3.63) is 0 Å². The van der Waals surface area contributed by atoms with Crippen molar-refractivity contribution in [2.75, 3.05) is 5.88 Å². The van der Waals surface area contributed by atoms with Crippen molar-refractivity contribution >= 4 is 45.0 Å². The summed E-state index contributed by atoms with van der Waals surface area (Å²) < 4.78 is -0.783. The Bertz CT molecular complexity index is 58.8. The third kappa shape index (κ3) is 7.09. The Morgan fingerprint density at radius 2 is 1.88 bits per heavy atom. The highest BCUT2D eigenvalue weighted by Crippen LogP contribution is 2.21. The molecule has 0 saturated carbocycles. The van der Waals surface area contributed by atoms with E-state index >= 15 is 0 Å². The van der Waals surface area contributed by atoms with E-state index in [2.05, 4.69) is 10.2 Å². The van der Waals surface area contributed by atoms with Gasteiger partial charge in [0.2, 0.25) is 0 Å². The number of hydrogen-bond donors (Lipinski definition) is 0. The molecule has 0 heterocycles. The molecule has 0 spiro atoms. The highest BCUT2D eigenvalue weighted by Gasteiger charge is 2.14. The monoisotopic (exact) mass is 187 g/mol. The molecule has 8 heavy (non-hydrogen) atoms. The maximum absolute atomic E-state index is 5.53. The van der Waals surface area contributed by atoms with E-state index in [-0.39, 0.29) is 0 Å². The Kier molecular flexibility index (Phi) is 4.53. The Labute approximate surface area is 67.9 Å². The second-order valence-corrected chi connectivity index (χ2v) is 4.85. The van der Waals surface area contributed by atoms with Crippen LogP contribution in [-0.4, -0.2) is 20.1 Å². The SMILES string of the molecule is [Si]C(Cl)(Cl)CCCCl. The molecule has 0 aromatic rings. The molecule has 4 heteroatoms. The van der Waals surface area contributed by atoms with E-state index in [9.17, 15) is 0 Å². The summed E-state index contributed by atoms with van der Waals surface area (Å²) in [6.07, 6.45) is 1.51. The van der Waals surface area contributed by atoms with Gasteiger partial charge in [0.25, 0.3) is 0 Å². The van der Waals surface area contributed by atoms with Gasteiger partial charge < -0.3 is 0 Å². The molecule has 0 rings (SSSR count). The fourth-order valence-electron chi connectivity index (χ4n) is 0.289. The Hall–Kier alpha value is 1.09. The van der Waals surface area contributed by atoms with E-state index in [1.165, 1.54) is 0 Å². The molecule has 0 aliphatic rings. The first-order valence-electron chi connectivity index (χ1n) is 2.25. The second kappa shape index (κ2) is 3.99. The largest absolute Gasteiger partial charge is 0.127 e. The van der Waals surface area contributed by atoms with Crippen LogP contribution in [0, 0.1) is 0 Å². The predicted molar refractivity (Wildman–Crippen MR) is 40.1 cm³/mol. The van der Waals surface area contributed by atoms with Gasteiger partial charge in [0.1, 0.15) is 0 Å². The van der Waals surface area contributed by atoms with Crippen LogP contribution in [0.2, 0.25) is 0 Å². The molecule has 0 atom stereocenters. The molecule has 0 amide bonds.